The lowest BCUT2D eigenvalue weighted by Gasteiger charge is -2.14. The van der Waals surface area contributed by atoms with E-state index in [1.165, 1.54) is 12.7 Å². The zero-order chi connectivity index (χ0) is 22.7. The van der Waals surface area contributed by atoms with Crippen LogP contribution in [-0.2, 0) is 27.7 Å². The van der Waals surface area contributed by atoms with Crippen LogP contribution >= 0.6 is 0 Å². The third kappa shape index (κ3) is 7.86. The van der Waals surface area contributed by atoms with Crippen molar-refractivity contribution in [1.82, 2.24) is 15.4 Å². The molecule has 3 N–H and O–H groups in total. The van der Waals surface area contributed by atoms with Gasteiger partial charge in [-0.2, -0.15) is 0 Å². The molecule has 31 heavy (non-hydrogen) atoms. The van der Waals surface area contributed by atoms with Gasteiger partial charge in [0.25, 0.3) is 0 Å². The smallest absolute Gasteiger partial charge is 0.240 e. The fourth-order valence-corrected chi connectivity index (χ4v) is 4.09. The first-order chi connectivity index (χ1) is 14.9. The molecule has 0 aliphatic rings. The first kappa shape index (κ1) is 24.6. The van der Waals surface area contributed by atoms with Gasteiger partial charge in [-0.1, -0.05) is 29.8 Å². The number of guanidine groups is 1. The molecule has 0 aromatic heterocycles. The van der Waals surface area contributed by atoms with Gasteiger partial charge in [-0.15, -0.1) is 0 Å². The fraction of sp³-hybridized carbons (Fsp3) is 0.409. The molecule has 2 aromatic carbocycles. The number of benzene rings is 2. The van der Waals surface area contributed by atoms with Gasteiger partial charge in [0.05, 0.1) is 18.6 Å². The van der Waals surface area contributed by atoms with E-state index in [0.717, 1.165) is 23.3 Å². The SMILES string of the molecule is CN=C(NCCc1cc(C)ccc1OC)NCc1cccc(S(=O)(=O)NCCOC)c1. The highest BCUT2D eigenvalue weighted by atomic mass is 32.2. The maximum absolute atomic E-state index is 12.4. The second-order valence-corrected chi connectivity index (χ2v) is 8.72. The average molecular weight is 449 g/mol. The van der Waals surface area contributed by atoms with E-state index in [4.69, 9.17) is 9.47 Å². The second-order valence-electron chi connectivity index (χ2n) is 6.96. The predicted molar refractivity (Wildman–Crippen MR) is 123 cm³/mol. The van der Waals surface area contributed by atoms with Crippen molar-refractivity contribution in [3.8, 4) is 5.75 Å². The topological polar surface area (TPSA) is 101 Å². The number of aryl methyl sites for hydroxylation is 1. The van der Waals surface area contributed by atoms with E-state index in [-0.39, 0.29) is 11.4 Å². The molecule has 0 bridgehead atoms. The summed E-state index contributed by atoms with van der Waals surface area (Å²) in [6, 6.07) is 12.9. The minimum atomic E-state index is -3.57. The molecule has 170 valence electrons. The van der Waals surface area contributed by atoms with Gasteiger partial charge in [0.1, 0.15) is 5.75 Å². The van der Waals surface area contributed by atoms with Crippen LogP contribution in [0.5, 0.6) is 5.75 Å². The Labute approximate surface area is 185 Å². The second kappa shape index (κ2) is 12.3. The zero-order valence-electron chi connectivity index (χ0n) is 18.6. The van der Waals surface area contributed by atoms with E-state index in [9.17, 15) is 8.42 Å². The molecule has 0 amide bonds. The summed E-state index contributed by atoms with van der Waals surface area (Å²) in [5.74, 6) is 1.51. The Hall–Kier alpha value is -2.62. The lowest BCUT2D eigenvalue weighted by Crippen LogP contribution is -2.38. The number of rotatable bonds is 11. The molecule has 0 saturated carbocycles. The maximum atomic E-state index is 12.4. The van der Waals surface area contributed by atoms with Crippen molar-refractivity contribution >= 4 is 16.0 Å². The van der Waals surface area contributed by atoms with E-state index in [2.05, 4.69) is 33.3 Å². The highest BCUT2D eigenvalue weighted by molar-refractivity contribution is 7.89. The third-order valence-electron chi connectivity index (χ3n) is 4.61. The number of methoxy groups -OCH3 is 2. The highest BCUT2D eigenvalue weighted by Gasteiger charge is 2.13. The van der Waals surface area contributed by atoms with Crippen molar-refractivity contribution in [2.24, 2.45) is 4.99 Å². The Bertz CT molecular complexity index is 977. The molecule has 8 nitrogen and oxygen atoms in total. The molecule has 9 heteroatoms. The zero-order valence-corrected chi connectivity index (χ0v) is 19.4. The monoisotopic (exact) mass is 448 g/mol. The van der Waals surface area contributed by atoms with Crippen molar-refractivity contribution in [1.29, 1.82) is 0 Å². The Morgan fingerprint density at radius 2 is 1.87 bits per heavy atom. The normalized spacial score (nSPS) is 11.9. The molecule has 0 aliphatic carbocycles. The van der Waals surface area contributed by atoms with Crippen LogP contribution in [-0.4, -0.2) is 55.3 Å². The molecular weight excluding hydrogens is 416 g/mol. The maximum Gasteiger partial charge on any atom is 0.240 e. The molecule has 0 atom stereocenters. The van der Waals surface area contributed by atoms with E-state index in [0.29, 0.717) is 25.7 Å². The number of nitrogens with zero attached hydrogens (tertiary/aromatic N) is 1. The molecule has 0 saturated heterocycles. The number of nitrogens with one attached hydrogen (secondary N) is 3. The lowest BCUT2D eigenvalue weighted by atomic mass is 10.1. The van der Waals surface area contributed by atoms with Crippen molar-refractivity contribution in [3.63, 3.8) is 0 Å². The summed E-state index contributed by atoms with van der Waals surface area (Å²) in [6.45, 7) is 3.71. The summed E-state index contributed by atoms with van der Waals surface area (Å²) >= 11 is 0. The summed E-state index contributed by atoms with van der Waals surface area (Å²) in [5.41, 5.74) is 3.15. The summed E-state index contributed by atoms with van der Waals surface area (Å²) < 4.78 is 37.6. The molecule has 0 spiro atoms. The van der Waals surface area contributed by atoms with Gasteiger partial charge in [-0.05, 0) is 42.7 Å². The van der Waals surface area contributed by atoms with Crippen molar-refractivity contribution in [2.45, 2.75) is 24.8 Å². The van der Waals surface area contributed by atoms with E-state index >= 15 is 0 Å². The number of ether oxygens (including phenoxy) is 2. The van der Waals surface area contributed by atoms with Crippen molar-refractivity contribution < 1.29 is 17.9 Å². The van der Waals surface area contributed by atoms with Gasteiger partial charge in [0.2, 0.25) is 10.0 Å². The Morgan fingerprint density at radius 3 is 2.58 bits per heavy atom. The standard InChI is InChI=1S/C22H32N4O4S/c1-17-8-9-21(30-4)19(14-17)10-11-24-22(23-2)25-16-18-6-5-7-20(15-18)31(27,28)26-12-13-29-3/h5-9,14-15,26H,10-13,16H2,1-4H3,(H2,23,24,25). The quantitative estimate of drug-likeness (QED) is 0.276. The fourth-order valence-electron chi connectivity index (χ4n) is 3.01. The number of hydrogen-bond donors (Lipinski definition) is 3. The van der Waals surface area contributed by atoms with Gasteiger partial charge < -0.3 is 20.1 Å². The van der Waals surface area contributed by atoms with Crippen LogP contribution in [0.1, 0.15) is 16.7 Å². The Balaban J connectivity index is 1.91. The van der Waals surface area contributed by atoms with Crippen LogP contribution in [0.3, 0.4) is 0 Å². The van der Waals surface area contributed by atoms with Crippen LogP contribution < -0.4 is 20.1 Å². The molecule has 0 unspecified atom stereocenters. The first-order valence-electron chi connectivity index (χ1n) is 10.0. The highest BCUT2D eigenvalue weighted by Crippen LogP contribution is 2.19. The molecule has 0 aliphatic heterocycles. The number of aliphatic imine (C=N–C) groups is 1. The summed E-state index contributed by atoms with van der Waals surface area (Å²) in [5, 5.41) is 6.49. The van der Waals surface area contributed by atoms with Gasteiger partial charge in [0.15, 0.2) is 5.96 Å². The van der Waals surface area contributed by atoms with E-state index in [1.54, 1.807) is 32.4 Å². The number of hydrogen-bond acceptors (Lipinski definition) is 5. The van der Waals surface area contributed by atoms with Crippen LogP contribution in [0.2, 0.25) is 0 Å². The van der Waals surface area contributed by atoms with E-state index in [1.807, 2.05) is 18.2 Å². The summed E-state index contributed by atoms with van der Waals surface area (Å²) in [6.07, 6.45) is 0.784. The molecule has 0 fully saturated rings. The molecule has 2 aromatic rings. The molecule has 2 rings (SSSR count). The molecular formula is C22H32N4O4S. The van der Waals surface area contributed by atoms with Gasteiger partial charge in [0, 0.05) is 33.8 Å². The Morgan fingerprint density at radius 1 is 1.06 bits per heavy atom. The summed E-state index contributed by atoms with van der Waals surface area (Å²) in [7, 11) is 1.32. The largest absolute Gasteiger partial charge is 0.496 e. The van der Waals surface area contributed by atoms with Gasteiger partial charge >= 0.3 is 0 Å². The van der Waals surface area contributed by atoms with Crippen molar-refractivity contribution in [2.75, 3.05) is 41.0 Å². The lowest BCUT2D eigenvalue weighted by molar-refractivity contribution is 0.204. The van der Waals surface area contributed by atoms with Crippen LogP contribution in [0.25, 0.3) is 0 Å². The number of sulfonamides is 1. The predicted octanol–water partition coefficient (Wildman–Crippen LogP) is 1.84. The van der Waals surface area contributed by atoms with Crippen LogP contribution in [0.15, 0.2) is 52.4 Å². The average Bonchev–Trinajstić information content (AvgIpc) is 2.76. The minimum Gasteiger partial charge on any atom is -0.496 e. The Kier molecular flexibility index (Phi) is 9.77. The minimum absolute atomic E-state index is 0.220. The van der Waals surface area contributed by atoms with Crippen molar-refractivity contribution in [3.05, 3.63) is 59.2 Å². The molecule has 0 heterocycles. The summed E-state index contributed by atoms with van der Waals surface area (Å²) in [4.78, 5) is 4.45. The third-order valence-corrected chi connectivity index (χ3v) is 6.07. The van der Waals surface area contributed by atoms with Crippen LogP contribution in [0, 0.1) is 6.92 Å². The first-order valence-corrected chi connectivity index (χ1v) is 11.5. The van der Waals surface area contributed by atoms with Crippen LogP contribution in [0.4, 0.5) is 0 Å². The van der Waals surface area contributed by atoms with Gasteiger partial charge in [-0.25, -0.2) is 13.1 Å². The van der Waals surface area contributed by atoms with E-state index < -0.39 is 10.0 Å². The van der Waals surface area contributed by atoms with Gasteiger partial charge in [-0.3, -0.25) is 4.99 Å². The molecule has 0 radical (unpaired) electrons.